The molecule has 0 radical (unpaired) electrons. The van der Waals surface area contributed by atoms with Gasteiger partial charge >= 0.3 is 0 Å². The Morgan fingerprint density at radius 3 is 2.75 bits per heavy atom. The van der Waals surface area contributed by atoms with Crippen LogP contribution in [0.25, 0.3) is 10.6 Å². The van der Waals surface area contributed by atoms with Crippen molar-refractivity contribution in [1.82, 2.24) is 10.3 Å². The summed E-state index contributed by atoms with van der Waals surface area (Å²) in [5.74, 6) is 0.528. The molecule has 0 aliphatic carbocycles. The normalized spacial score (nSPS) is 11.7. The largest absolute Gasteiger partial charge is 0.481 e. The number of ether oxygens (including phenoxy) is 1. The summed E-state index contributed by atoms with van der Waals surface area (Å²) < 4.78 is 5.64. The summed E-state index contributed by atoms with van der Waals surface area (Å²) in [5.41, 5.74) is 1.89. The molecule has 2 heterocycles. The molecular weight excluding hydrogens is 320 g/mol. The highest BCUT2D eigenvalue weighted by molar-refractivity contribution is 7.13. The van der Waals surface area contributed by atoms with Gasteiger partial charge in [0, 0.05) is 12.7 Å². The van der Waals surface area contributed by atoms with E-state index in [4.69, 9.17) is 4.74 Å². The van der Waals surface area contributed by atoms with Gasteiger partial charge in [-0.05, 0) is 42.1 Å². The Balaban J connectivity index is 1.63. The number of thiophene rings is 1. The van der Waals surface area contributed by atoms with Crippen LogP contribution in [0.4, 0.5) is 0 Å². The number of carbonyl (C=O) groups excluding carboxylic acids is 1. The van der Waals surface area contributed by atoms with Crippen LogP contribution < -0.4 is 10.1 Å². The van der Waals surface area contributed by atoms with E-state index in [2.05, 4.69) is 10.3 Å². The van der Waals surface area contributed by atoms with E-state index >= 15 is 0 Å². The molecule has 1 unspecified atom stereocenters. The molecule has 4 nitrogen and oxygen atoms in total. The van der Waals surface area contributed by atoms with Crippen LogP contribution in [0, 0.1) is 0 Å². The van der Waals surface area contributed by atoms with E-state index in [0.29, 0.717) is 12.3 Å². The molecule has 0 aliphatic rings. The summed E-state index contributed by atoms with van der Waals surface area (Å²) >= 11 is 1.63. The Labute approximate surface area is 145 Å². The van der Waals surface area contributed by atoms with Crippen molar-refractivity contribution < 1.29 is 9.53 Å². The summed E-state index contributed by atoms with van der Waals surface area (Å²) in [5, 5.41) is 4.94. The second-order valence-electron chi connectivity index (χ2n) is 5.28. The fourth-order valence-electron chi connectivity index (χ4n) is 2.30. The molecular formula is C19H18N2O2S. The monoisotopic (exact) mass is 338 g/mol. The number of nitrogens with zero attached hydrogens (tertiary/aromatic N) is 1. The van der Waals surface area contributed by atoms with Crippen molar-refractivity contribution >= 4 is 17.2 Å². The van der Waals surface area contributed by atoms with Crippen molar-refractivity contribution in [2.45, 2.75) is 19.6 Å². The molecule has 1 amide bonds. The topological polar surface area (TPSA) is 51.2 Å². The van der Waals surface area contributed by atoms with Crippen molar-refractivity contribution in [3.63, 3.8) is 0 Å². The Bertz CT molecular complexity index is 788. The van der Waals surface area contributed by atoms with Gasteiger partial charge in [-0.1, -0.05) is 30.3 Å². The number of nitrogens with one attached hydrogen (secondary N) is 1. The number of aromatic nitrogens is 1. The zero-order valence-electron chi connectivity index (χ0n) is 13.3. The second-order valence-corrected chi connectivity index (χ2v) is 6.23. The minimum Gasteiger partial charge on any atom is -0.481 e. The first-order valence-electron chi connectivity index (χ1n) is 7.71. The van der Waals surface area contributed by atoms with Crippen LogP contribution in [0.3, 0.4) is 0 Å². The quantitative estimate of drug-likeness (QED) is 0.742. The number of amides is 1. The van der Waals surface area contributed by atoms with Gasteiger partial charge in [-0.2, -0.15) is 0 Å². The van der Waals surface area contributed by atoms with Gasteiger partial charge in [0.15, 0.2) is 6.10 Å². The zero-order chi connectivity index (χ0) is 16.8. The third kappa shape index (κ3) is 4.00. The highest BCUT2D eigenvalue weighted by Gasteiger charge is 2.15. The van der Waals surface area contributed by atoms with Crippen LogP contribution in [-0.4, -0.2) is 17.0 Å². The van der Waals surface area contributed by atoms with Crippen molar-refractivity contribution in [1.29, 1.82) is 0 Å². The number of rotatable bonds is 6. The van der Waals surface area contributed by atoms with Gasteiger partial charge in [-0.15, -0.1) is 11.3 Å². The maximum absolute atomic E-state index is 12.3. The molecule has 24 heavy (non-hydrogen) atoms. The van der Waals surface area contributed by atoms with E-state index < -0.39 is 6.10 Å². The third-order valence-electron chi connectivity index (χ3n) is 3.52. The van der Waals surface area contributed by atoms with E-state index in [1.807, 2.05) is 60.0 Å². The van der Waals surface area contributed by atoms with Gasteiger partial charge in [0.2, 0.25) is 0 Å². The number of para-hydroxylation sites is 1. The number of carbonyl (C=O) groups is 1. The molecule has 0 aliphatic heterocycles. The smallest absolute Gasteiger partial charge is 0.261 e. The average molecular weight is 338 g/mol. The van der Waals surface area contributed by atoms with Gasteiger partial charge in [-0.25, -0.2) is 0 Å². The zero-order valence-corrected chi connectivity index (χ0v) is 14.1. The Hall–Kier alpha value is -2.66. The minimum atomic E-state index is -0.561. The average Bonchev–Trinajstić information content (AvgIpc) is 3.15. The lowest BCUT2D eigenvalue weighted by Crippen LogP contribution is -2.36. The minimum absolute atomic E-state index is 0.153. The number of hydrogen-bond acceptors (Lipinski definition) is 4. The molecule has 0 saturated heterocycles. The van der Waals surface area contributed by atoms with Crippen LogP contribution in [0.15, 0.2) is 66.2 Å². The summed E-state index contributed by atoms with van der Waals surface area (Å²) in [7, 11) is 0. The molecule has 5 heteroatoms. The standard InChI is InChI=1S/C19H18N2O2S/c1-14(23-16-8-3-2-4-9-16)19(22)21-13-15-7-5-11-20-18(15)17-10-6-12-24-17/h2-12,14H,13H2,1H3,(H,21,22). The summed E-state index contributed by atoms with van der Waals surface area (Å²) in [6, 6.07) is 17.2. The maximum Gasteiger partial charge on any atom is 0.261 e. The van der Waals surface area contributed by atoms with E-state index in [0.717, 1.165) is 16.1 Å². The maximum atomic E-state index is 12.3. The Kier molecular flexibility index (Phi) is 5.23. The van der Waals surface area contributed by atoms with Crippen LogP contribution >= 0.6 is 11.3 Å². The summed E-state index contributed by atoms with van der Waals surface area (Å²) in [6.45, 7) is 2.16. The number of hydrogen-bond donors (Lipinski definition) is 1. The molecule has 3 rings (SSSR count). The van der Waals surface area contributed by atoms with E-state index in [1.165, 1.54) is 0 Å². The van der Waals surface area contributed by atoms with Crippen molar-refractivity contribution in [3.8, 4) is 16.3 Å². The summed E-state index contributed by atoms with van der Waals surface area (Å²) in [6.07, 6.45) is 1.20. The fourth-order valence-corrected chi connectivity index (χ4v) is 3.06. The fraction of sp³-hybridized carbons (Fsp3) is 0.158. The van der Waals surface area contributed by atoms with Crippen LogP contribution in [0.2, 0.25) is 0 Å². The van der Waals surface area contributed by atoms with Crippen molar-refractivity contribution in [2.24, 2.45) is 0 Å². The molecule has 0 saturated carbocycles. The van der Waals surface area contributed by atoms with Crippen LogP contribution in [0.1, 0.15) is 12.5 Å². The number of pyridine rings is 1. The molecule has 2 aromatic heterocycles. The van der Waals surface area contributed by atoms with E-state index in [-0.39, 0.29) is 5.91 Å². The summed E-state index contributed by atoms with van der Waals surface area (Å²) in [4.78, 5) is 17.8. The Morgan fingerprint density at radius 2 is 2.00 bits per heavy atom. The van der Waals surface area contributed by atoms with Crippen LogP contribution in [0.5, 0.6) is 5.75 Å². The van der Waals surface area contributed by atoms with Gasteiger partial charge in [0.25, 0.3) is 5.91 Å². The highest BCUT2D eigenvalue weighted by atomic mass is 32.1. The lowest BCUT2D eigenvalue weighted by molar-refractivity contribution is -0.127. The van der Waals surface area contributed by atoms with Crippen molar-refractivity contribution in [2.75, 3.05) is 0 Å². The SMILES string of the molecule is CC(Oc1ccccc1)C(=O)NCc1cccnc1-c1cccs1. The second kappa shape index (κ2) is 7.75. The lowest BCUT2D eigenvalue weighted by atomic mass is 10.1. The first-order chi connectivity index (χ1) is 11.7. The molecule has 1 atom stereocenters. The molecule has 3 aromatic rings. The predicted molar refractivity (Wildman–Crippen MR) is 95.9 cm³/mol. The van der Waals surface area contributed by atoms with E-state index in [1.54, 1.807) is 24.5 Å². The third-order valence-corrected chi connectivity index (χ3v) is 4.40. The van der Waals surface area contributed by atoms with Gasteiger partial charge in [0.1, 0.15) is 5.75 Å². The predicted octanol–water partition coefficient (Wildman–Crippen LogP) is 3.89. The van der Waals surface area contributed by atoms with Gasteiger partial charge in [0.05, 0.1) is 10.6 Å². The molecule has 1 N–H and O–H groups in total. The first-order valence-corrected chi connectivity index (χ1v) is 8.59. The molecule has 0 spiro atoms. The van der Waals surface area contributed by atoms with Crippen LogP contribution in [-0.2, 0) is 11.3 Å². The van der Waals surface area contributed by atoms with Crippen molar-refractivity contribution in [3.05, 3.63) is 71.7 Å². The van der Waals surface area contributed by atoms with E-state index in [9.17, 15) is 4.79 Å². The molecule has 122 valence electrons. The van der Waals surface area contributed by atoms with Gasteiger partial charge in [-0.3, -0.25) is 9.78 Å². The molecule has 1 aromatic carbocycles. The van der Waals surface area contributed by atoms with Gasteiger partial charge < -0.3 is 10.1 Å². The lowest BCUT2D eigenvalue weighted by Gasteiger charge is -2.15. The number of benzene rings is 1. The Morgan fingerprint density at radius 1 is 1.17 bits per heavy atom. The first kappa shape index (κ1) is 16.2. The highest BCUT2D eigenvalue weighted by Crippen LogP contribution is 2.25. The molecule has 0 bridgehead atoms. The molecule has 0 fully saturated rings.